The summed E-state index contributed by atoms with van der Waals surface area (Å²) in [5.74, 6) is -1.40. The number of thioether (sulfide) groups is 1. The SMILES string of the molecule is CCOc1cc(/C=C2\SC(=S)N(CC(=O)O)C2=O)c(Br)c(Br)c1O. The van der Waals surface area contributed by atoms with E-state index < -0.39 is 18.4 Å². The zero-order valence-corrected chi connectivity index (χ0v) is 17.0. The topological polar surface area (TPSA) is 87.1 Å². The second-order valence-corrected chi connectivity index (χ2v) is 7.80. The number of carboxylic acid groups (broad SMARTS) is 1. The van der Waals surface area contributed by atoms with Crippen LogP contribution < -0.4 is 4.74 Å². The minimum absolute atomic E-state index is 0.0562. The molecule has 0 spiro atoms. The molecule has 0 radical (unpaired) electrons. The molecule has 6 nitrogen and oxygen atoms in total. The number of phenolic OH excluding ortho intramolecular Hbond substituents is 1. The van der Waals surface area contributed by atoms with E-state index in [1.165, 1.54) is 0 Å². The van der Waals surface area contributed by atoms with E-state index in [1.807, 2.05) is 0 Å². The smallest absolute Gasteiger partial charge is 0.323 e. The maximum atomic E-state index is 12.3. The van der Waals surface area contributed by atoms with Crippen molar-refractivity contribution in [2.24, 2.45) is 0 Å². The molecule has 1 aromatic carbocycles. The average Bonchev–Trinajstić information content (AvgIpc) is 2.77. The summed E-state index contributed by atoms with van der Waals surface area (Å²) < 4.78 is 6.47. The molecule has 10 heteroatoms. The number of halogens is 2. The highest BCUT2D eigenvalue weighted by Gasteiger charge is 2.33. The van der Waals surface area contributed by atoms with Crippen molar-refractivity contribution in [3.8, 4) is 11.5 Å². The van der Waals surface area contributed by atoms with Gasteiger partial charge in [-0.05, 0) is 56.5 Å². The third kappa shape index (κ3) is 3.93. The molecule has 0 aromatic heterocycles. The summed E-state index contributed by atoms with van der Waals surface area (Å²) in [7, 11) is 0. The fourth-order valence-corrected chi connectivity index (χ4v) is 3.98. The highest BCUT2D eigenvalue weighted by atomic mass is 79.9. The van der Waals surface area contributed by atoms with Crippen LogP contribution in [-0.2, 0) is 9.59 Å². The molecule has 1 aliphatic rings. The fraction of sp³-hybridized carbons (Fsp3) is 0.214. The Labute approximate surface area is 164 Å². The van der Waals surface area contributed by atoms with E-state index in [2.05, 4.69) is 31.9 Å². The monoisotopic (exact) mass is 495 g/mol. The highest BCUT2D eigenvalue weighted by molar-refractivity contribution is 9.13. The van der Waals surface area contributed by atoms with Crippen molar-refractivity contribution in [1.82, 2.24) is 4.90 Å². The summed E-state index contributed by atoms with van der Waals surface area (Å²) >= 11 is 12.7. The van der Waals surface area contributed by atoms with Gasteiger partial charge in [0.1, 0.15) is 10.9 Å². The zero-order valence-electron chi connectivity index (χ0n) is 12.2. The molecule has 0 atom stereocenters. The molecule has 0 aliphatic carbocycles. The Hall–Kier alpha value is -1.10. The predicted molar refractivity (Wildman–Crippen MR) is 102 cm³/mol. The first-order valence-electron chi connectivity index (χ1n) is 6.57. The van der Waals surface area contributed by atoms with Crippen LogP contribution in [0.1, 0.15) is 12.5 Å². The van der Waals surface area contributed by atoms with Crippen LogP contribution in [0, 0.1) is 0 Å². The van der Waals surface area contributed by atoms with E-state index in [9.17, 15) is 14.7 Å². The lowest BCUT2D eigenvalue weighted by Crippen LogP contribution is -2.33. The Morgan fingerprint density at radius 1 is 1.46 bits per heavy atom. The second kappa shape index (κ2) is 7.85. The number of benzene rings is 1. The van der Waals surface area contributed by atoms with Crippen molar-refractivity contribution >= 4 is 78.1 Å². The van der Waals surface area contributed by atoms with Gasteiger partial charge in [0.15, 0.2) is 11.5 Å². The van der Waals surface area contributed by atoms with Crippen molar-refractivity contribution in [2.45, 2.75) is 6.92 Å². The maximum Gasteiger partial charge on any atom is 0.323 e. The van der Waals surface area contributed by atoms with Crippen LogP contribution in [0.4, 0.5) is 0 Å². The number of phenols is 1. The van der Waals surface area contributed by atoms with Gasteiger partial charge in [0.2, 0.25) is 0 Å². The van der Waals surface area contributed by atoms with E-state index in [0.717, 1.165) is 16.7 Å². The minimum Gasteiger partial charge on any atom is -0.503 e. The van der Waals surface area contributed by atoms with Gasteiger partial charge in [-0.2, -0.15) is 0 Å². The van der Waals surface area contributed by atoms with Crippen LogP contribution in [-0.4, -0.2) is 44.5 Å². The van der Waals surface area contributed by atoms with Gasteiger partial charge in [-0.1, -0.05) is 24.0 Å². The van der Waals surface area contributed by atoms with Crippen molar-refractivity contribution in [3.63, 3.8) is 0 Å². The Morgan fingerprint density at radius 3 is 2.71 bits per heavy atom. The van der Waals surface area contributed by atoms with Crippen LogP contribution >= 0.6 is 55.8 Å². The lowest BCUT2D eigenvalue weighted by molar-refractivity contribution is -0.140. The normalized spacial score (nSPS) is 16.1. The molecule has 1 fully saturated rings. The van der Waals surface area contributed by atoms with E-state index in [4.69, 9.17) is 22.1 Å². The maximum absolute atomic E-state index is 12.3. The molecule has 0 unspecified atom stereocenters. The fourth-order valence-electron chi connectivity index (χ4n) is 1.90. The minimum atomic E-state index is -1.14. The van der Waals surface area contributed by atoms with Crippen molar-refractivity contribution in [3.05, 3.63) is 25.5 Å². The van der Waals surface area contributed by atoms with Crippen LogP contribution in [0.5, 0.6) is 11.5 Å². The van der Waals surface area contributed by atoms with Gasteiger partial charge in [0, 0.05) is 4.47 Å². The standard InChI is InChI=1S/C14H11Br2NO5S2/c1-2-22-7-3-6(10(15)11(16)12(7)20)4-8-13(21)17(5-9(18)19)14(23)24-8/h3-4,20H,2,5H2,1H3,(H,18,19)/b8-4-. The van der Waals surface area contributed by atoms with E-state index in [0.29, 0.717) is 26.0 Å². The summed E-state index contributed by atoms with van der Waals surface area (Å²) in [4.78, 5) is 24.5. The van der Waals surface area contributed by atoms with Gasteiger partial charge in [0.25, 0.3) is 5.91 Å². The summed E-state index contributed by atoms with van der Waals surface area (Å²) in [6, 6.07) is 1.58. The number of amides is 1. The van der Waals surface area contributed by atoms with Gasteiger partial charge in [-0.3, -0.25) is 14.5 Å². The molecule has 0 saturated carbocycles. The Morgan fingerprint density at radius 2 is 2.12 bits per heavy atom. The molecule has 2 rings (SSSR count). The number of thiocarbonyl (C=S) groups is 1. The number of aliphatic carboxylic acids is 1. The van der Waals surface area contributed by atoms with Gasteiger partial charge >= 0.3 is 5.97 Å². The number of aromatic hydroxyl groups is 1. The number of carbonyl (C=O) groups excluding carboxylic acids is 1. The molecule has 0 bridgehead atoms. The van der Waals surface area contributed by atoms with Gasteiger partial charge in [-0.25, -0.2) is 0 Å². The number of hydrogen-bond acceptors (Lipinski definition) is 6. The predicted octanol–water partition coefficient (Wildman–Crippen LogP) is 3.60. The number of hydrogen-bond donors (Lipinski definition) is 2. The summed E-state index contributed by atoms with van der Waals surface area (Å²) in [5, 5.41) is 18.9. The molecule has 1 aromatic rings. The van der Waals surface area contributed by atoms with Gasteiger partial charge in [-0.15, -0.1) is 0 Å². The van der Waals surface area contributed by atoms with Crippen molar-refractivity contribution < 1.29 is 24.5 Å². The van der Waals surface area contributed by atoms with Crippen LogP contribution in [0.3, 0.4) is 0 Å². The number of carbonyl (C=O) groups is 2. The first-order valence-corrected chi connectivity index (χ1v) is 9.38. The highest BCUT2D eigenvalue weighted by Crippen LogP contribution is 2.43. The quantitative estimate of drug-likeness (QED) is 0.475. The molecule has 2 N–H and O–H groups in total. The summed E-state index contributed by atoms with van der Waals surface area (Å²) in [6.07, 6.45) is 1.57. The van der Waals surface area contributed by atoms with Gasteiger partial charge < -0.3 is 14.9 Å². The van der Waals surface area contributed by atoms with Crippen LogP contribution in [0.2, 0.25) is 0 Å². The lowest BCUT2D eigenvalue weighted by atomic mass is 10.2. The first kappa shape index (κ1) is 19.2. The summed E-state index contributed by atoms with van der Waals surface area (Å²) in [5.41, 5.74) is 0.582. The first-order chi connectivity index (χ1) is 11.3. The Kier molecular flexibility index (Phi) is 6.29. The van der Waals surface area contributed by atoms with Crippen LogP contribution in [0.25, 0.3) is 6.08 Å². The van der Waals surface area contributed by atoms with Gasteiger partial charge in [0.05, 0.1) is 16.0 Å². The third-order valence-electron chi connectivity index (χ3n) is 2.93. The molecular formula is C14H11Br2NO5S2. The average molecular weight is 497 g/mol. The van der Waals surface area contributed by atoms with Crippen molar-refractivity contribution in [2.75, 3.05) is 13.2 Å². The van der Waals surface area contributed by atoms with E-state index in [1.54, 1.807) is 19.1 Å². The number of rotatable bonds is 5. The Balaban J connectivity index is 2.43. The second-order valence-electron chi connectivity index (χ2n) is 4.54. The van der Waals surface area contributed by atoms with Crippen LogP contribution in [0.15, 0.2) is 19.9 Å². The summed E-state index contributed by atoms with van der Waals surface area (Å²) in [6.45, 7) is 1.67. The molecule has 1 amide bonds. The molecule has 1 saturated heterocycles. The largest absolute Gasteiger partial charge is 0.503 e. The Bertz CT molecular complexity index is 766. The zero-order chi connectivity index (χ0) is 18.0. The molecular weight excluding hydrogens is 486 g/mol. The van der Waals surface area contributed by atoms with E-state index in [-0.39, 0.29) is 15.8 Å². The number of ether oxygens (including phenoxy) is 1. The van der Waals surface area contributed by atoms with Crippen molar-refractivity contribution in [1.29, 1.82) is 0 Å². The molecule has 1 aliphatic heterocycles. The number of nitrogens with zero attached hydrogens (tertiary/aromatic N) is 1. The molecule has 128 valence electrons. The number of carboxylic acids is 1. The molecule has 1 heterocycles. The molecule has 24 heavy (non-hydrogen) atoms. The lowest BCUT2D eigenvalue weighted by Gasteiger charge is -2.12. The van der Waals surface area contributed by atoms with E-state index >= 15 is 0 Å². The third-order valence-corrected chi connectivity index (χ3v) is 6.46.